The fourth-order valence-corrected chi connectivity index (χ4v) is 4.03. The molecule has 0 unspecified atom stereocenters. The molecule has 23 heavy (non-hydrogen) atoms. The summed E-state index contributed by atoms with van der Waals surface area (Å²) in [6.45, 7) is 7.43. The number of aryl methyl sites for hydroxylation is 2. The smallest absolute Gasteiger partial charge is 0.112 e. The third-order valence-corrected chi connectivity index (χ3v) is 5.37. The van der Waals surface area contributed by atoms with Crippen molar-refractivity contribution in [2.24, 2.45) is 0 Å². The number of nitrogens with zero attached hydrogens (tertiary/aromatic N) is 6. The summed E-state index contributed by atoms with van der Waals surface area (Å²) in [6.07, 6.45) is 10.3. The fourth-order valence-electron chi connectivity index (χ4n) is 4.03. The van der Waals surface area contributed by atoms with E-state index < -0.39 is 0 Å². The third-order valence-electron chi connectivity index (χ3n) is 5.37. The maximum Gasteiger partial charge on any atom is 0.112 e. The van der Waals surface area contributed by atoms with E-state index in [2.05, 4.69) is 32.9 Å². The van der Waals surface area contributed by atoms with E-state index >= 15 is 0 Å². The zero-order valence-corrected chi connectivity index (χ0v) is 14.0. The summed E-state index contributed by atoms with van der Waals surface area (Å²) in [5.74, 6) is 1.98. The Bertz CT molecular complexity index is 650. The van der Waals surface area contributed by atoms with E-state index in [4.69, 9.17) is 4.98 Å². The second kappa shape index (κ2) is 6.43. The number of rotatable bonds is 4. The molecular weight excluding hydrogens is 288 g/mol. The molecule has 0 saturated carbocycles. The molecule has 6 nitrogen and oxygen atoms in total. The molecule has 0 radical (unpaired) electrons. The van der Waals surface area contributed by atoms with Crippen LogP contribution in [0.3, 0.4) is 0 Å². The molecular formula is C17H26N6. The van der Waals surface area contributed by atoms with Crippen LogP contribution < -0.4 is 0 Å². The first kappa shape index (κ1) is 14.9. The molecule has 4 rings (SSSR count). The van der Waals surface area contributed by atoms with E-state index in [0.29, 0.717) is 5.92 Å². The summed E-state index contributed by atoms with van der Waals surface area (Å²) in [6, 6.07) is 0. The van der Waals surface area contributed by atoms with Gasteiger partial charge in [0, 0.05) is 37.4 Å². The normalized spacial score (nSPS) is 19.9. The van der Waals surface area contributed by atoms with Crippen LogP contribution in [0.1, 0.15) is 55.7 Å². The van der Waals surface area contributed by atoms with Crippen molar-refractivity contribution in [2.45, 2.75) is 64.6 Å². The quantitative estimate of drug-likeness (QED) is 0.868. The molecule has 2 aromatic rings. The van der Waals surface area contributed by atoms with Gasteiger partial charge in [0.1, 0.15) is 5.82 Å². The van der Waals surface area contributed by atoms with Gasteiger partial charge in [-0.1, -0.05) is 5.21 Å². The van der Waals surface area contributed by atoms with Crippen molar-refractivity contribution in [1.29, 1.82) is 0 Å². The van der Waals surface area contributed by atoms with Crippen LogP contribution in [0.2, 0.25) is 0 Å². The van der Waals surface area contributed by atoms with Crippen molar-refractivity contribution in [2.75, 3.05) is 13.1 Å². The predicted molar refractivity (Wildman–Crippen MR) is 88.1 cm³/mol. The van der Waals surface area contributed by atoms with E-state index in [1.807, 2.05) is 10.9 Å². The van der Waals surface area contributed by atoms with Gasteiger partial charge >= 0.3 is 0 Å². The van der Waals surface area contributed by atoms with Gasteiger partial charge in [0.05, 0.1) is 11.9 Å². The Kier molecular flexibility index (Phi) is 4.16. The van der Waals surface area contributed by atoms with Crippen LogP contribution >= 0.6 is 0 Å². The van der Waals surface area contributed by atoms with E-state index in [-0.39, 0.29) is 0 Å². The van der Waals surface area contributed by atoms with Gasteiger partial charge in [0.15, 0.2) is 0 Å². The highest BCUT2D eigenvalue weighted by atomic mass is 15.4. The first-order valence-electron chi connectivity index (χ1n) is 8.99. The van der Waals surface area contributed by atoms with Gasteiger partial charge in [-0.25, -0.2) is 9.67 Å². The van der Waals surface area contributed by atoms with Crippen LogP contribution in [-0.2, 0) is 26.1 Å². The summed E-state index contributed by atoms with van der Waals surface area (Å²) in [4.78, 5) is 7.30. The highest BCUT2D eigenvalue weighted by molar-refractivity contribution is 5.12. The molecule has 0 amide bonds. The Balaban J connectivity index is 1.38. The van der Waals surface area contributed by atoms with Gasteiger partial charge in [0.2, 0.25) is 0 Å². The zero-order valence-electron chi connectivity index (χ0n) is 14.0. The SMILES string of the molecule is CCn1nncc1CN1CCC(c2ncc3n2CCCC3)CC1. The van der Waals surface area contributed by atoms with Crippen molar-refractivity contribution in [3.8, 4) is 0 Å². The minimum Gasteiger partial charge on any atom is -0.332 e. The number of likely N-dealkylation sites (tertiary alicyclic amines) is 1. The Labute approximate surface area is 137 Å². The maximum atomic E-state index is 4.77. The second-order valence-corrected chi connectivity index (χ2v) is 6.81. The first-order chi connectivity index (χ1) is 11.3. The topological polar surface area (TPSA) is 51.8 Å². The van der Waals surface area contributed by atoms with Gasteiger partial charge in [-0.15, -0.1) is 5.10 Å². The zero-order chi connectivity index (χ0) is 15.6. The second-order valence-electron chi connectivity index (χ2n) is 6.81. The lowest BCUT2D eigenvalue weighted by Crippen LogP contribution is -2.34. The Morgan fingerprint density at radius 3 is 2.83 bits per heavy atom. The molecule has 0 atom stereocenters. The highest BCUT2D eigenvalue weighted by Crippen LogP contribution is 2.30. The summed E-state index contributed by atoms with van der Waals surface area (Å²) >= 11 is 0. The molecule has 0 spiro atoms. The fraction of sp³-hybridized carbons (Fsp3) is 0.706. The minimum atomic E-state index is 0.632. The van der Waals surface area contributed by atoms with Crippen LogP contribution in [0.5, 0.6) is 0 Å². The van der Waals surface area contributed by atoms with Crippen LogP contribution in [0.25, 0.3) is 0 Å². The Hall–Kier alpha value is -1.69. The van der Waals surface area contributed by atoms with Crippen LogP contribution in [0.4, 0.5) is 0 Å². The monoisotopic (exact) mass is 314 g/mol. The average Bonchev–Trinajstić information content (AvgIpc) is 3.22. The molecule has 0 bridgehead atoms. The summed E-state index contributed by atoms with van der Waals surface area (Å²) in [5.41, 5.74) is 2.68. The number of hydrogen-bond donors (Lipinski definition) is 0. The number of aromatic nitrogens is 5. The lowest BCUT2D eigenvalue weighted by atomic mass is 9.95. The van der Waals surface area contributed by atoms with Gasteiger partial charge in [-0.3, -0.25) is 4.90 Å². The molecule has 1 fully saturated rings. The summed E-state index contributed by atoms with van der Waals surface area (Å²) in [7, 11) is 0. The van der Waals surface area contributed by atoms with Crippen LogP contribution in [-0.4, -0.2) is 42.5 Å². The van der Waals surface area contributed by atoms with Crippen molar-refractivity contribution in [3.63, 3.8) is 0 Å². The minimum absolute atomic E-state index is 0.632. The summed E-state index contributed by atoms with van der Waals surface area (Å²) in [5, 5.41) is 8.17. The van der Waals surface area contributed by atoms with Crippen molar-refractivity contribution < 1.29 is 0 Å². The van der Waals surface area contributed by atoms with Crippen LogP contribution in [0, 0.1) is 0 Å². The van der Waals surface area contributed by atoms with Crippen molar-refractivity contribution in [3.05, 3.63) is 29.6 Å². The highest BCUT2D eigenvalue weighted by Gasteiger charge is 2.26. The van der Waals surface area contributed by atoms with E-state index in [1.54, 1.807) is 0 Å². The molecule has 0 aromatic carbocycles. The molecule has 6 heteroatoms. The standard InChI is InChI=1S/C17H26N6/c1-2-23-16(12-19-20-23)13-21-9-6-14(7-10-21)17-18-11-15-5-3-4-8-22(15)17/h11-12,14H,2-10,13H2,1H3. The van der Waals surface area contributed by atoms with E-state index in [1.165, 1.54) is 55.9 Å². The van der Waals surface area contributed by atoms with Gasteiger partial charge in [-0.05, 0) is 52.1 Å². The lowest BCUT2D eigenvalue weighted by molar-refractivity contribution is 0.194. The lowest BCUT2D eigenvalue weighted by Gasteiger charge is -2.32. The van der Waals surface area contributed by atoms with Crippen molar-refractivity contribution in [1.82, 2.24) is 29.4 Å². The third kappa shape index (κ3) is 2.92. The van der Waals surface area contributed by atoms with Gasteiger partial charge in [0.25, 0.3) is 0 Å². The molecule has 4 heterocycles. The Morgan fingerprint density at radius 1 is 1.13 bits per heavy atom. The van der Waals surface area contributed by atoms with Gasteiger partial charge < -0.3 is 4.57 Å². The number of piperidine rings is 1. The van der Waals surface area contributed by atoms with E-state index in [0.717, 1.165) is 26.2 Å². The molecule has 2 aliphatic rings. The predicted octanol–water partition coefficient (Wildman–Crippen LogP) is 2.21. The molecule has 2 aromatic heterocycles. The van der Waals surface area contributed by atoms with Crippen LogP contribution in [0.15, 0.2) is 12.4 Å². The van der Waals surface area contributed by atoms with Crippen molar-refractivity contribution >= 4 is 0 Å². The summed E-state index contributed by atoms with van der Waals surface area (Å²) < 4.78 is 4.50. The molecule has 124 valence electrons. The average molecular weight is 314 g/mol. The molecule has 1 saturated heterocycles. The largest absolute Gasteiger partial charge is 0.332 e. The first-order valence-corrected chi connectivity index (χ1v) is 8.99. The Morgan fingerprint density at radius 2 is 2.00 bits per heavy atom. The number of fused-ring (bicyclic) bond motifs is 1. The molecule has 2 aliphatic heterocycles. The van der Waals surface area contributed by atoms with Gasteiger partial charge in [-0.2, -0.15) is 0 Å². The molecule has 0 aliphatic carbocycles. The van der Waals surface area contributed by atoms with E-state index in [9.17, 15) is 0 Å². The molecule has 0 N–H and O–H groups in total. The number of imidazole rings is 1. The maximum absolute atomic E-state index is 4.77. The number of hydrogen-bond acceptors (Lipinski definition) is 4.